The smallest absolute Gasteiger partial charge is 0.244 e. The van der Waals surface area contributed by atoms with Gasteiger partial charge < -0.3 is 15.1 Å². The summed E-state index contributed by atoms with van der Waals surface area (Å²) in [5, 5.41) is 2.74. The molecule has 0 aliphatic carbocycles. The predicted molar refractivity (Wildman–Crippen MR) is 119 cm³/mol. The van der Waals surface area contributed by atoms with Crippen LogP contribution in [0, 0.1) is 11.6 Å². The molecule has 2 aromatic rings. The number of likely N-dealkylation sites (N-methyl/N-ethyl adjacent to an activating group) is 1. The molecule has 1 aliphatic heterocycles. The summed E-state index contributed by atoms with van der Waals surface area (Å²) >= 11 is 0. The van der Waals surface area contributed by atoms with Crippen molar-refractivity contribution >= 4 is 21.6 Å². The summed E-state index contributed by atoms with van der Waals surface area (Å²) in [6.45, 7) is 6.36. The summed E-state index contributed by atoms with van der Waals surface area (Å²) in [6, 6.07) is 7.66. The molecular weight excluding hydrogens is 438 g/mol. The number of piperazine rings is 1. The molecule has 1 saturated heterocycles. The van der Waals surface area contributed by atoms with Crippen molar-refractivity contribution in [1.29, 1.82) is 0 Å². The molecular formula is C22H28F2N4O3S. The normalized spacial score (nSPS) is 17.1. The Balaban J connectivity index is 1.73. The lowest BCUT2D eigenvalue weighted by Gasteiger charge is -2.36. The van der Waals surface area contributed by atoms with Crippen LogP contribution in [0.5, 0.6) is 0 Å². The van der Waals surface area contributed by atoms with Crippen LogP contribution in [0.3, 0.4) is 0 Å². The van der Waals surface area contributed by atoms with Crippen molar-refractivity contribution < 1.29 is 22.0 Å². The number of carbonyl (C=O) groups is 1. The topological polar surface area (TPSA) is 81.8 Å². The van der Waals surface area contributed by atoms with Crippen molar-refractivity contribution in [1.82, 2.24) is 14.9 Å². The Labute approximate surface area is 187 Å². The highest BCUT2D eigenvalue weighted by atomic mass is 32.2. The van der Waals surface area contributed by atoms with Crippen molar-refractivity contribution in [2.24, 2.45) is 0 Å². The summed E-state index contributed by atoms with van der Waals surface area (Å²) in [5.41, 5.74) is 1.43. The number of sulfonamides is 1. The Kier molecular flexibility index (Phi) is 7.47. The number of hydrogen-bond donors (Lipinski definition) is 2. The van der Waals surface area contributed by atoms with Gasteiger partial charge in [-0.05, 0) is 51.2 Å². The first-order valence-electron chi connectivity index (χ1n) is 10.4. The number of anilines is 1. The lowest BCUT2D eigenvalue weighted by Crippen LogP contribution is -2.46. The molecule has 1 heterocycles. The van der Waals surface area contributed by atoms with E-state index in [1.807, 2.05) is 7.05 Å². The van der Waals surface area contributed by atoms with Crippen LogP contribution in [-0.4, -0.2) is 58.5 Å². The molecule has 0 aromatic heterocycles. The monoisotopic (exact) mass is 466 g/mol. The van der Waals surface area contributed by atoms with E-state index >= 15 is 0 Å². The molecule has 0 saturated carbocycles. The fraction of sp³-hybridized carbons (Fsp3) is 0.409. The molecule has 0 spiro atoms. The molecule has 174 valence electrons. The van der Waals surface area contributed by atoms with Gasteiger partial charge in [-0.25, -0.2) is 17.2 Å². The maximum atomic E-state index is 14.0. The third-order valence-corrected chi connectivity index (χ3v) is 7.08. The largest absolute Gasteiger partial charge is 0.369 e. The van der Waals surface area contributed by atoms with E-state index < -0.39 is 44.5 Å². The van der Waals surface area contributed by atoms with Crippen molar-refractivity contribution in [2.75, 3.05) is 38.1 Å². The average molecular weight is 467 g/mol. The maximum Gasteiger partial charge on any atom is 0.244 e. The SMILES string of the molecule is CC(NC(=O)[C@H](C)NS(=O)(=O)c1ccccc1F)c1cc(F)ccc1N1CCN(C)CC1. The number of benzene rings is 2. The first kappa shape index (κ1) is 24.1. The molecule has 1 aliphatic rings. The Morgan fingerprint density at radius 2 is 1.69 bits per heavy atom. The third kappa shape index (κ3) is 5.62. The highest BCUT2D eigenvalue weighted by Crippen LogP contribution is 2.28. The lowest BCUT2D eigenvalue weighted by atomic mass is 10.0. The van der Waals surface area contributed by atoms with Crippen molar-refractivity contribution in [3.63, 3.8) is 0 Å². The van der Waals surface area contributed by atoms with Crippen LogP contribution in [0.2, 0.25) is 0 Å². The standard InChI is InChI=1S/C22H28F2N4O3S/c1-15(18-14-17(23)8-9-20(18)28-12-10-27(3)11-13-28)25-22(29)16(2)26-32(30,31)21-7-5-4-6-19(21)24/h4-9,14-16,26H,10-13H2,1-3H3,(H,25,29)/t15?,16-/m0/s1. The molecule has 3 rings (SSSR count). The first-order valence-corrected chi connectivity index (χ1v) is 11.9. The van der Waals surface area contributed by atoms with Gasteiger partial charge in [-0.15, -0.1) is 0 Å². The number of amides is 1. The Hall–Kier alpha value is -2.56. The van der Waals surface area contributed by atoms with Crippen LogP contribution in [-0.2, 0) is 14.8 Å². The predicted octanol–water partition coefficient (Wildman–Crippen LogP) is 2.26. The molecule has 1 fully saturated rings. The fourth-order valence-electron chi connectivity index (χ4n) is 3.64. The second kappa shape index (κ2) is 9.93. The zero-order chi connectivity index (χ0) is 23.5. The number of nitrogens with zero attached hydrogens (tertiary/aromatic N) is 2. The number of nitrogens with one attached hydrogen (secondary N) is 2. The van der Waals surface area contributed by atoms with Crippen LogP contribution in [0.4, 0.5) is 14.5 Å². The van der Waals surface area contributed by atoms with E-state index in [2.05, 4.69) is 19.8 Å². The zero-order valence-electron chi connectivity index (χ0n) is 18.3. The van der Waals surface area contributed by atoms with E-state index in [4.69, 9.17) is 0 Å². The molecule has 0 radical (unpaired) electrons. The van der Waals surface area contributed by atoms with Crippen molar-refractivity contribution in [2.45, 2.75) is 30.8 Å². The summed E-state index contributed by atoms with van der Waals surface area (Å²) in [6.07, 6.45) is 0. The minimum absolute atomic E-state index is 0.424. The highest BCUT2D eigenvalue weighted by Gasteiger charge is 2.27. The van der Waals surface area contributed by atoms with E-state index in [0.29, 0.717) is 5.56 Å². The first-order chi connectivity index (χ1) is 15.1. The van der Waals surface area contributed by atoms with Gasteiger partial charge in [-0.1, -0.05) is 12.1 Å². The molecule has 7 nitrogen and oxygen atoms in total. The van der Waals surface area contributed by atoms with Gasteiger partial charge in [0.15, 0.2) is 0 Å². The van der Waals surface area contributed by atoms with Gasteiger partial charge in [0, 0.05) is 37.4 Å². The third-order valence-electron chi connectivity index (χ3n) is 5.51. The van der Waals surface area contributed by atoms with Crippen LogP contribution < -0.4 is 14.9 Å². The maximum absolute atomic E-state index is 14.0. The quantitative estimate of drug-likeness (QED) is 0.654. The summed E-state index contributed by atoms with van der Waals surface area (Å²) < 4.78 is 55.0. The number of halogens is 2. The van der Waals surface area contributed by atoms with Crippen LogP contribution >= 0.6 is 0 Å². The van der Waals surface area contributed by atoms with Gasteiger partial charge in [0.1, 0.15) is 16.5 Å². The molecule has 2 aromatic carbocycles. The number of hydrogen-bond acceptors (Lipinski definition) is 5. The number of rotatable bonds is 7. The van der Waals surface area contributed by atoms with E-state index in [0.717, 1.165) is 44.0 Å². The van der Waals surface area contributed by atoms with Crippen molar-refractivity contribution in [3.8, 4) is 0 Å². The van der Waals surface area contributed by atoms with Crippen LogP contribution in [0.1, 0.15) is 25.5 Å². The molecule has 2 atom stereocenters. The van der Waals surface area contributed by atoms with E-state index in [1.54, 1.807) is 13.0 Å². The minimum Gasteiger partial charge on any atom is -0.369 e. The van der Waals surface area contributed by atoms with E-state index in [1.165, 1.54) is 31.2 Å². The Morgan fingerprint density at radius 3 is 2.34 bits per heavy atom. The molecule has 0 bridgehead atoms. The second-order valence-electron chi connectivity index (χ2n) is 8.00. The van der Waals surface area contributed by atoms with Gasteiger partial charge in [-0.2, -0.15) is 4.72 Å². The van der Waals surface area contributed by atoms with E-state index in [9.17, 15) is 22.0 Å². The Morgan fingerprint density at radius 1 is 1.03 bits per heavy atom. The molecule has 32 heavy (non-hydrogen) atoms. The average Bonchev–Trinajstić information content (AvgIpc) is 2.74. The minimum atomic E-state index is -4.23. The summed E-state index contributed by atoms with van der Waals surface area (Å²) in [5.74, 6) is -1.93. The van der Waals surface area contributed by atoms with Gasteiger partial charge in [0.05, 0.1) is 12.1 Å². The Bertz CT molecular complexity index is 1070. The molecule has 1 unspecified atom stereocenters. The zero-order valence-corrected chi connectivity index (χ0v) is 19.1. The lowest BCUT2D eigenvalue weighted by molar-refractivity contribution is -0.123. The van der Waals surface area contributed by atoms with E-state index in [-0.39, 0.29) is 0 Å². The number of carbonyl (C=O) groups excluding carboxylic acids is 1. The molecule has 10 heteroatoms. The fourth-order valence-corrected chi connectivity index (χ4v) is 4.92. The van der Waals surface area contributed by atoms with Gasteiger partial charge in [0.25, 0.3) is 0 Å². The molecule has 1 amide bonds. The summed E-state index contributed by atoms with van der Waals surface area (Å²) in [4.78, 5) is 16.5. The van der Waals surface area contributed by atoms with Gasteiger partial charge in [0.2, 0.25) is 15.9 Å². The van der Waals surface area contributed by atoms with Gasteiger partial charge in [-0.3, -0.25) is 4.79 Å². The van der Waals surface area contributed by atoms with Crippen LogP contribution in [0.25, 0.3) is 0 Å². The van der Waals surface area contributed by atoms with Gasteiger partial charge >= 0.3 is 0 Å². The molecule has 2 N–H and O–H groups in total. The second-order valence-corrected chi connectivity index (χ2v) is 9.68. The van der Waals surface area contributed by atoms with Crippen LogP contribution in [0.15, 0.2) is 47.4 Å². The van der Waals surface area contributed by atoms with Crippen molar-refractivity contribution in [3.05, 3.63) is 59.7 Å². The highest BCUT2D eigenvalue weighted by molar-refractivity contribution is 7.89. The summed E-state index contributed by atoms with van der Waals surface area (Å²) in [7, 11) is -2.19.